The number of nitrogens with one attached hydrogen (secondary N) is 2. The van der Waals surface area contributed by atoms with Gasteiger partial charge in [-0.1, -0.05) is 6.92 Å². The maximum Gasteiger partial charge on any atom is 0.244 e. The van der Waals surface area contributed by atoms with Gasteiger partial charge in [0, 0.05) is 19.7 Å². The van der Waals surface area contributed by atoms with E-state index in [1.54, 1.807) is 0 Å². The molecule has 1 aliphatic rings. The van der Waals surface area contributed by atoms with Gasteiger partial charge in [0.25, 0.3) is 0 Å². The summed E-state index contributed by atoms with van der Waals surface area (Å²) in [5, 5.41) is 5.18. The number of carbonyl (C=O) groups excluding carboxylic acids is 2. The monoisotopic (exact) mass is 387 g/mol. The quantitative estimate of drug-likeness (QED) is 0.637. The highest BCUT2D eigenvalue weighted by atomic mass is 19.2. The first-order chi connectivity index (χ1) is 12.9. The van der Waals surface area contributed by atoms with Crippen molar-refractivity contribution in [2.24, 2.45) is 0 Å². The molecular formula is C18H24F3N3O3. The van der Waals surface area contributed by atoms with Crippen LogP contribution in [0, 0.1) is 17.5 Å². The van der Waals surface area contributed by atoms with E-state index in [1.807, 2.05) is 6.92 Å². The minimum atomic E-state index is -1.66. The zero-order valence-electron chi connectivity index (χ0n) is 15.2. The predicted molar refractivity (Wildman–Crippen MR) is 93.7 cm³/mol. The molecule has 2 N–H and O–H groups in total. The van der Waals surface area contributed by atoms with Crippen LogP contribution in [0.5, 0.6) is 0 Å². The van der Waals surface area contributed by atoms with Crippen molar-refractivity contribution >= 4 is 17.5 Å². The van der Waals surface area contributed by atoms with Gasteiger partial charge >= 0.3 is 0 Å². The van der Waals surface area contributed by atoms with Crippen molar-refractivity contribution < 1.29 is 27.5 Å². The molecule has 0 radical (unpaired) electrons. The molecule has 0 bridgehead atoms. The van der Waals surface area contributed by atoms with E-state index in [4.69, 9.17) is 4.74 Å². The molecule has 1 aromatic carbocycles. The second kappa shape index (κ2) is 10.3. The smallest absolute Gasteiger partial charge is 0.244 e. The molecule has 2 rings (SSSR count). The van der Waals surface area contributed by atoms with Crippen molar-refractivity contribution in [2.45, 2.75) is 32.3 Å². The van der Waals surface area contributed by atoms with Crippen LogP contribution in [0.25, 0.3) is 0 Å². The van der Waals surface area contributed by atoms with E-state index in [0.717, 1.165) is 31.6 Å². The molecule has 150 valence electrons. The summed E-state index contributed by atoms with van der Waals surface area (Å²) in [5.41, 5.74) is -0.473. The Morgan fingerprint density at radius 1 is 1.26 bits per heavy atom. The van der Waals surface area contributed by atoms with Crippen LogP contribution in [0.1, 0.15) is 26.2 Å². The molecule has 2 amide bonds. The summed E-state index contributed by atoms with van der Waals surface area (Å²) in [6, 6.07) is 1.65. The third-order valence-corrected chi connectivity index (χ3v) is 4.16. The number of carbonyl (C=O) groups is 2. The van der Waals surface area contributed by atoms with Gasteiger partial charge in [0.05, 0.1) is 24.9 Å². The van der Waals surface area contributed by atoms with Crippen molar-refractivity contribution in [1.29, 1.82) is 0 Å². The fourth-order valence-electron chi connectivity index (χ4n) is 2.80. The van der Waals surface area contributed by atoms with Gasteiger partial charge in [-0.15, -0.1) is 0 Å². The van der Waals surface area contributed by atoms with E-state index < -0.39 is 29.0 Å². The first-order valence-electron chi connectivity index (χ1n) is 8.95. The third kappa shape index (κ3) is 6.21. The zero-order chi connectivity index (χ0) is 19.8. The summed E-state index contributed by atoms with van der Waals surface area (Å²) in [7, 11) is 0. The van der Waals surface area contributed by atoms with Crippen molar-refractivity contribution in [3.05, 3.63) is 29.6 Å². The Kier molecular flexibility index (Phi) is 8.05. The summed E-state index contributed by atoms with van der Waals surface area (Å²) in [6.07, 6.45) is 2.67. The second-order valence-electron chi connectivity index (χ2n) is 6.35. The Bertz CT molecular complexity index is 667. The Labute approximate surface area is 156 Å². The molecule has 0 aliphatic carbocycles. The largest absolute Gasteiger partial charge is 0.377 e. The molecule has 0 saturated carbocycles. The molecule has 1 aromatic rings. The normalized spacial score (nSPS) is 16.4. The summed E-state index contributed by atoms with van der Waals surface area (Å²) in [5.74, 6) is -5.45. The average Bonchev–Trinajstić information content (AvgIpc) is 3.15. The minimum Gasteiger partial charge on any atom is -0.377 e. The van der Waals surface area contributed by atoms with E-state index in [0.29, 0.717) is 19.5 Å². The highest BCUT2D eigenvalue weighted by molar-refractivity contribution is 5.94. The Morgan fingerprint density at radius 3 is 2.70 bits per heavy atom. The lowest BCUT2D eigenvalue weighted by molar-refractivity contribution is -0.134. The molecule has 1 unspecified atom stereocenters. The number of benzene rings is 1. The first kappa shape index (κ1) is 21.2. The highest BCUT2D eigenvalue weighted by Gasteiger charge is 2.20. The molecule has 1 aliphatic heterocycles. The molecule has 1 saturated heterocycles. The van der Waals surface area contributed by atoms with Gasteiger partial charge in [-0.05, 0) is 31.4 Å². The topological polar surface area (TPSA) is 70.7 Å². The molecule has 0 spiro atoms. The SMILES string of the molecule is CCCN(CC(=O)Nc1ccc(F)c(F)c1F)C(=O)CNCC1CCCO1. The number of anilines is 1. The summed E-state index contributed by atoms with van der Waals surface area (Å²) in [6.45, 7) is 3.21. The van der Waals surface area contributed by atoms with Crippen LogP contribution in [0.2, 0.25) is 0 Å². The second-order valence-corrected chi connectivity index (χ2v) is 6.35. The maximum atomic E-state index is 13.6. The van der Waals surface area contributed by atoms with Gasteiger partial charge in [0.2, 0.25) is 11.8 Å². The average molecular weight is 387 g/mol. The van der Waals surface area contributed by atoms with E-state index in [2.05, 4.69) is 10.6 Å². The highest BCUT2D eigenvalue weighted by Crippen LogP contribution is 2.19. The van der Waals surface area contributed by atoms with Crippen LogP contribution >= 0.6 is 0 Å². The number of ether oxygens (including phenoxy) is 1. The lowest BCUT2D eigenvalue weighted by atomic mass is 10.2. The molecule has 27 heavy (non-hydrogen) atoms. The summed E-state index contributed by atoms with van der Waals surface area (Å²) in [4.78, 5) is 25.8. The van der Waals surface area contributed by atoms with Gasteiger partial charge in [0.1, 0.15) is 0 Å². The van der Waals surface area contributed by atoms with E-state index in [-0.39, 0.29) is 25.1 Å². The van der Waals surface area contributed by atoms with Gasteiger partial charge in [-0.25, -0.2) is 13.2 Å². The predicted octanol–water partition coefficient (Wildman–Crippen LogP) is 2.05. The fraction of sp³-hybridized carbons (Fsp3) is 0.556. The summed E-state index contributed by atoms with van der Waals surface area (Å²) < 4.78 is 45.3. The molecule has 1 fully saturated rings. The van der Waals surface area contributed by atoms with Crippen molar-refractivity contribution in [1.82, 2.24) is 10.2 Å². The minimum absolute atomic E-state index is 0.0483. The van der Waals surface area contributed by atoms with Crippen LogP contribution in [0.4, 0.5) is 18.9 Å². The van der Waals surface area contributed by atoms with E-state index in [9.17, 15) is 22.8 Å². The fourth-order valence-corrected chi connectivity index (χ4v) is 2.80. The van der Waals surface area contributed by atoms with Gasteiger partial charge in [-0.3, -0.25) is 9.59 Å². The van der Waals surface area contributed by atoms with Crippen LogP contribution in [-0.4, -0.2) is 55.6 Å². The molecule has 6 nitrogen and oxygen atoms in total. The van der Waals surface area contributed by atoms with Gasteiger partial charge in [-0.2, -0.15) is 0 Å². The number of nitrogens with zero attached hydrogens (tertiary/aromatic N) is 1. The molecule has 0 aromatic heterocycles. The van der Waals surface area contributed by atoms with Crippen LogP contribution < -0.4 is 10.6 Å². The number of hydrogen-bond donors (Lipinski definition) is 2. The van der Waals surface area contributed by atoms with Crippen LogP contribution in [0.3, 0.4) is 0 Å². The number of rotatable bonds is 9. The van der Waals surface area contributed by atoms with Gasteiger partial charge in [0.15, 0.2) is 17.5 Å². The van der Waals surface area contributed by atoms with Crippen LogP contribution in [-0.2, 0) is 14.3 Å². The molecule has 1 heterocycles. The molecule has 1 atom stereocenters. The molecule has 9 heteroatoms. The van der Waals surface area contributed by atoms with E-state index >= 15 is 0 Å². The third-order valence-electron chi connectivity index (χ3n) is 4.16. The number of halogens is 3. The standard InChI is InChI=1S/C18H24F3N3O3/c1-2-7-24(16(26)10-22-9-12-4-3-8-27-12)11-15(25)23-14-6-5-13(19)17(20)18(14)21/h5-6,12,22H,2-4,7-11H2,1H3,(H,23,25). The molecular weight excluding hydrogens is 363 g/mol. The summed E-state index contributed by atoms with van der Waals surface area (Å²) >= 11 is 0. The van der Waals surface area contributed by atoms with Crippen molar-refractivity contribution in [3.8, 4) is 0 Å². The Hall–Kier alpha value is -2.13. The van der Waals surface area contributed by atoms with E-state index in [1.165, 1.54) is 4.90 Å². The number of amides is 2. The Morgan fingerprint density at radius 2 is 2.04 bits per heavy atom. The van der Waals surface area contributed by atoms with Crippen LogP contribution in [0.15, 0.2) is 12.1 Å². The Balaban J connectivity index is 1.87. The lowest BCUT2D eigenvalue weighted by Crippen LogP contribution is -2.44. The van der Waals surface area contributed by atoms with Crippen molar-refractivity contribution in [3.63, 3.8) is 0 Å². The van der Waals surface area contributed by atoms with Crippen molar-refractivity contribution in [2.75, 3.05) is 38.1 Å². The van der Waals surface area contributed by atoms with Gasteiger partial charge < -0.3 is 20.3 Å². The number of hydrogen-bond acceptors (Lipinski definition) is 4. The first-order valence-corrected chi connectivity index (χ1v) is 8.95. The zero-order valence-corrected chi connectivity index (χ0v) is 15.2. The lowest BCUT2D eigenvalue weighted by Gasteiger charge is -2.22. The maximum absolute atomic E-state index is 13.6.